The highest BCUT2D eigenvalue weighted by Gasteiger charge is 2.23. The smallest absolute Gasteiger partial charge is 0.271 e. The Morgan fingerprint density at radius 1 is 1.19 bits per heavy atom. The molecule has 1 N–H and O–H groups in total. The normalized spacial score (nSPS) is 16.3. The molecular formula is C21H25N5O. The summed E-state index contributed by atoms with van der Waals surface area (Å²) in [4.78, 5) is 23.9. The molecule has 1 amide bonds. The van der Waals surface area contributed by atoms with Gasteiger partial charge in [-0.2, -0.15) is 0 Å². The van der Waals surface area contributed by atoms with E-state index in [2.05, 4.69) is 26.3 Å². The lowest BCUT2D eigenvalue weighted by atomic mass is 10.0. The first kappa shape index (κ1) is 17.7. The molecule has 1 aliphatic rings. The summed E-state index contributed by atoms with van der Waals surface area (Å²) in [5, 5.41) is 3.09. The van der Waals surface area contributed by atoms with E-state index in [1.54, 1.807) is 12.4 Å². The van der Waals surface area contributed by atoms with E-state index in [1.807, 2.05) is 41.9 Å². The van der Waals surface area contributed by atoms with Crippen LogP contribution in [0.15, 0.2) is 49.1 Å². The second-order valence-corrected chi connectivity index (χ2v) is 7.21. The number of fused-ring (bicyclic) bond motifs is 1. The molecule has 0 bridgehead atoms. The fourth-order valence-electron chi connectivity index (χ4n) is 3.75. The van der Waals surface area contributed by atoms with Crippen molar-refractivity contribution < 1.29 is 4.79 Å². The number of aromatic nitrogens is 3. The molecule has 0 radical (unpaired) electrons. The van der Waals surface area contributed by atoms with Crippen molar-refractivity contribution in [2.75, 3.05) is 19.6 Å². The minimum Gasteiger partial charge on any atom is -0.349 e. The van der Waals surface area contributed by atoms with Gasteiger partial charge in [-0.15, -0.1) is 0 Å². The Morgan fingerprint density at radius 3 is 2.81 bits per heavy atom. The van der Waals surface area contributed by atoms with Crippen LogP contribution >= 0.6 is 0 Å². The highest BCUT2D eigenvalue weighted by molar-refractivity contribution is 5.92. The number of hydrogen-bond donors (Lipinski definition) is 1. The van der Waals surface area contributed by atoms with Crippen molar-refractivity contribution in [3.8, 4) is 0 Å². The van der Waals surface area contributed by atoms with Gasteiger partial charge in [-0.25, -0.2) is 4.98 Å². The summed E-state index contributed by atoms with van der Waals surface area (Å²) >= 11 is 0. The Hall–Kier alpha value is -2.73. The first-order valence-electron chi connectivity index (χ1n) is 9.58. The first-order chi connectivity index (χ1) is 13.2. The van der Waals surface area contributed by atoms with Crippen LogP contribution in [0.5, 0.6) is 0 Å². The standard InChI is InChI=1S/C21H25N5O/c1-16-7-8-20-24-18(15-26(20)14-16)21(27)23-13-19(17-6-5-9-22-12-17)25-10-3-2-4-11-25/h5-9,12,14-15,19H,2-4,10-11,13H2,1H3,(H,23,27). The summed E-state index contributed by atoms with van der Waals surface area (Å²) in [5.74, 6) is -0.137. The van der Waals surface area contributed by atoms with Crippen LogP contribution in [0.25, 0.3) is 5.65 Å². The quantitative estimate of drug-likeness (QED) is 0.757. The molecule has 6 nitrogen and oxygen atoms in total. The molecule has 1 saturated heterocycles. The van der Waals surface area contributed by atoms with Crippen molar-refractivity contribution >= 4 is 11.6 Å². The van der Waals surface area contributed by atoms with Crippen LogP contribution in [0.2, 0.25) is 0 Å². The van der Waals surface area contributed by atoms with Crippen LogP contribution in [-0.2, 0) is 0 Å². The maximum atomic E-state index is 12.7. The molecule has 1 aliphatic heterocycles. The van der Waals surface area contributed by atoms with Gasteiger partial charge in [-0.3, -0.25) is 14.7 Å². The maximum absolute atomic E-state index is 12.7. The van der Waals surface area contributed by atoms with Gasteiger partial charge in [0.2, 0.25) is 0 Å². The van der Waals surface area contributed by atoms with Gasteiger partial charge in [0.25, 0.3) is 5.91 Å². The van der Waals surface area contributed by atoms with Crippen LogP contribution in [0.1, 0.15) is 46.9 Å². The third-order valence-corrected chi connectivity index (χ3v) is 5.19. The summed E-state index contributed by atoms with van der Waals surface area (Å²) in [7, 11) is 0. The number of piperidine rings is 1. The molecule has 4 rings (SSSR count). The van der Waals surface area contributed by atoms with Crippen LogP contribution in [0, 0.1) is 6.92 Å². The van der Waals surface area contributed by atoms with E-state index in [1.165, 1.54) is 19.3 Å². The number of aryl methyl sites for hydroxylation is 1. The average Bonchev–Trinajstić information content (AvgIpc) is 3.13. The van der Waals surface area contributed by atoms with Gasteiger partial charge in [0.1, 0.15) is 11.3 Å². The van der Waals surface area contributed by atoms with Gasteiger partial charge in [0, 0.05) is 31.3 Å². The van der Waals surface area contributed by atoms with Gasteiger partial charge in [-0.05, 0) is 56.1 Å². The second-order valence-electron chi connectivity index (χ2n) is 7.21. The van der Waals surface area contributed by atoms with Crippen LogP contribution in [0.4, 0.5) is 0 Å². The van der Waals surface area contributed by atoms with Gasteiger partial charge in [-0.1, -0.05) is 18.6 Å². The number of likely N-dealkylation sites (tertiary alicyclic amines) is 1. The number of amides is 1. The van der Waals surface area contributed by atoms with Crippen molar-refractivity contribution in [2.24, 2.45) is 0 Å². The molecule has 1 unspecified atom stereocenters. The highest BCUT2D eigenvalue weighted by atomic mass is 16.1. The number of carbonyl (C=O) groups excluding carboxylic acids is 1. The Kier molecular flexibility index (Phi) is 5.16. The maximum Gasteiger partial charge on any atom is 0.271 e. The van der Waals surface area contributed by atoms with Crippen molar-refractivity contribution in [3.63, 3.8) is 0 Å². The van der Waals surface area contributed by atoms with Crippen molar-refractivity contribution in [3.05, 3.63) is 65.9 Å². The highest BCUT2D eigenvalue weighted by Crippen LogP contribution is 2.23. The van der Waals surface area contributed by atoms with Crippen molar-refractivity contribution in [1.82, 2.24) is 24.6 Å². The largest absolute Gasteiger partial charge is 0.349 e. The molecule has 6 heteroatoms. The number of carbonyl (C=O) groups is 1. The molecule has 0 saturated carbocycles. The minimum atomic E-state index is -0.137. The lowest BCUT2D eigenvalue weighted by molar-refractivity contribution is 0.0920. The summed E-state index contributed by atoms with van der Waals surface area (Å²) in [6, 6.07) is 8.11. The monoisotopic (exact) mass is 363 g/mol. The van der Waals surface area contributed by atoms with E-state index in [0.717, 1.165) is 29.9 Å². The molecule has 0 aromatic carbocycles. The zero-order chi connectivity index (χ0) is 18.6. The van der Waals surface area contributed by atoms with Gasteiger partial charge >= 0.3 is 0 Å². The molecule has 27 heavy (non-hydrogen) atoms. The van der Waals surface area contributed by atoms with E-state index < -0.39 is 0 Å². The van der Waals surface area contributed by atoms with Crippen LogP contribution in [0.3, 0.4) is 0 Å². The predicted octanol–water partition coefficient (Wildman–Crippen LogP) is 2.99. The van der Waals surface area contributed by atoms with Crippen molar-refractivity contribution in [1.29, 1.82) is 0 Å². The van der Waals surface area contributed by atoms with E-state index >= 15 is 0 Å². The number of nitrogens with zero attached hydrogens (tertiary/aromatic N) is 4. The Balaban J connectivity index is 1.49. The molecular weight excluding hydrogens is 338 g/mol. The fraction of sp³-hybridized carbons (Fsp3) is 0.381. The molecule has 3 aromatic rings. The number of imidazole rings is 1. The van der Waals surface area contributed by atoms with E-state index in [-0.39, 0.29) is 11.9 Å². The zero-order valence-corrected chi connectivity index (χ0v) is 15.6. The zero-order valence-electron chi connectivity index (χ0n) is 15.6. The fourth-order valence-corrected chi connectivity index (χ4v) is 3.75. The number of rotatable bonds is 5. The number of pyridine rings is 2. The van der Waals surface area contributed by atoms with E-state index in [4.69, 9.17) is 0 Å². The van der Waals surface area contributed by atoms with Gasteiger partial charge in [0.05, 0.1) is 6.04 Å². The lowest BCUT2D eigenvalue weighted by Crippen LogP contribution is -2.40. The third-order valence-electron chi connectivity index (χ3n) is 5.19. The summed E-state index contributed by atoms with van der Waals surface area (Å²) in [6.07, 6.45) is 11.1. The molecule has 140 valence electrons. The van der Waals surface area contributed by atoms with E-state index in [9.17, 15) is 4.79 Å². The minimum absolute atomic E-state index is 0.137. The molecule has 4 heterocycles. The average molecular weight is 363 g/mol. The number of nitrogens with one attached hydrogen (secondary N) is 1. The molecule has 0 aliphatic carbocycles. The van der Waals surface area contributed by atoms with Crippen molar-refractivity contribution in [2.45, 2.75) is 32.2 Å². The predicted molar refractivity (Wildman–Crippen MR) is 105 cm³/mol. The van der Waals surface area contributed by atoms with Crippen LogP contribution < -0.4 is 5.32 Å². The SMILES string of the molecule is Cc1ccc2nc(C(=O)NCC(c3cccnc3)N3CCCCC3)cn2c1. The Morgan fingerprint density at radius 2 is 2.04 bits per heavy atom. The lowest BCUT2D eigenvalue weighted by Gasteiger charge is -2.34. The Labute approximate surface area is 159 Å². The van der Waals surface area contributed by atoms with Gasteiger partial charge in [0.15, 0.2) is 0 Å². The summed E-state index contributed by atoms with van der Waals surface area (Å²) in [5.41, 5.74) is 3.51. The summed E-state index contributed by atoms with van der Waals surface area (Å²) in [6.45, 7) is 4.69. The molecule has 1 fully saturated rings. The Bertz CT molecular complexity index is 915. The number of hydrogen-bond acceptors (Lipinski definition) is 4. The first-order valence-corrected chi connectivity index (χ1v) is 9.58. The van der Waals surface area contributed by atoms with Gasteiger partial charge < -0.3 is 9.72 Å². The summed E-state index contributed by atoms with van der Waals surface area (Å²) < 4.78 is 1.90. The van der Waals surface area contributed by atoms with Crippen LogP contribution in [-0.4, -0.2) is 44.8 Å². The topological polar surface area (TPSA) is 62.5 Å². The third kappa shape index (κ3) is 4.01. The molecule has 3 aromatic heterocycles. The second kappa shape index (κ2) is 7.88. The molecule has 0 spiro atoms. The molecule has 1 atom stereocenters. The van der Waals surface area contributed by atoms with E-state index in [0.29, 0.717) is 12.2 Å².